The number of nitrogens with one attached hydrogen (secondary N) is 1. The Morgan fingerprint density at radius 1 is 1.00 bits per heavy atom. The summed E-state index contributed by atoms with van der Waals surface area (Å²) in [6, 6.07) is 13.7. The van der Waals surface area contributed by atoms with Crippen LogP contribution in [0.5, 0.6) is 11.5 Å². The molecule has 140 valence electrons. The van der Waals surface area contributed by atoms with E-state index in [9.17, 15) is 9.59 Å². The SMILES string of the molecule is COc1ccc(NC(=O)[C@H](C)OC(=O)c2cc3ccccc3o2)cc1OC. The van der Waals surface area contributed by atoms with E-state index in [0.29, 0.717) is 22.8 Å². The number of carbonyl (C=O) groups is 2. The van der Waals surface area contributed by atoms with Gasteiger partial charge in [-0.1, -0.05) is 18.2 Å². The molecule has 3 rings (SSSR count). The lowest BCUT2D eigenvalue weighted by atomic mass is 10.2. The molecule has 2 aromatic carbocycles. The van der Waals surface area contributed by atoms with E-state index >= 15 is 0 Å². The molecule has 0 saturated carbocycles. The molecule has 0 spiro atoms. The Bertz CT molecular complexity index is 945. The average Bonchev–Trinajstić information content (AvgIpc) is 3.12. The first-order valence-electron chi connectivity index (χ1n) is 8.24. The van der Waals surface area contributed by atoms with Crippen LogP contribution in [0, 0.1) is 0 Å². The molecule has 7 heteroatoms. The number of esters is 1. The van der Waals surface area contributed by atoms with Crippen molar-refractivity contribution in [2.45, 2.75) is 13.0 Å². The second-order valence-corrected chi connectivity index (χ2v) is 5.76. The van der Waals surface area contributed by atoms with Crippen LogP contribution >= 0.6 is 0 Å². The molecule has 0 fully saturated rings. The first kappa shape index (κ1) is 18.3. The molecule has 1 amide bonds. The van der Waals surface area contributed by atoms with Gasteiger partial charge in [-0.15, -0.1) is 0 Å². The van der Waals surface area contributed by atoms with Crippen molar-refractivity contribution in [3.8, 4) is 11.5 Å². The maximum atomic E-state index is 12.3. The van der Waals surface area contributed by atoms with E-state index in [1.807, 2.05) is 12.1 Å². The minimum Gasteiger partial charge on any atom is -0.493 e. The van der Waals surface area contributed by atoms with E-state index in [2.05, 4.69) is 5.32 Å². The lowest BCUT2D eigenvalue weighted by molar-refractivity contribution is -0.123. The van der Waals surface area contributed by atoms with Crippen molar-refractivity contribution < 1.29 is 28.2 Å². The van der Waals surface area contributed by atoms with Crippen LogP contribution in [0.3, 0.4) is 0 Å². The number of fused-ring (bicyclic) bond motifs is 1. The van der Waals surface area contributed by atoms with Gasteiger partial charge in [-0.25, -0.2) is 4.79 Å². The monoisotopic (exact) mass is 369 g/mol. The molecule has 3 aromatic rings. The van der Waals surface area contributed by atoms with Crippen LogP contribution in [0.1, 0.15) is 17.5 Å². The average molecular weight is 369 g/mol. The molecule has 1 atom stereocenters. The number of furan rings is 1. The first-order valence-corrected chi connectivity index (χ1v) is 8.24. The van der Waals surface area contributed by atoms with Crippen molar-refractivity contribution in [2.75, 3.05) is 19.5 Å². The van der Waals surface area contributed by atoms with Crippen molar-refractivity contribution in [1.82, 2.24) is 0 Å². The number of para-hydroxylation sites is 1. The molecule has 0 aliphatic carbocycles. The van der Waals surface area contributed by atoms with E-state index in [-0.39, 0.29) is 5.76 Å². The molecule has 0 aliphatic rings. The highest BCUT2D eigenvalue weighted by Crippen LogP contribution is 2.29. The summed E-state index contributed by atoms with van der Waals surface area (Å²) in [5, 5.41) is 3.45. The zero-order valence-electron chi connectivity index (χ0n) is 15.1. The van der Waals surface area contributed by atoms with Gasteiger partial charge >= 0.3 is 5.97 Å². The number of ether oxygens (including phenoxy) is 3. The van der Waals surface area contributed by atoms with Crippen molar-refractivity contribution in [3.63, 3.8) is 0 Å². The predicted octanol–water partition coefficient (Wildman–Crippen LogP) is 3.63. The van der Waals surface area contributed by atoms with Crippen LogP contribution in [0.25, 0.3) is 11.0 Å². The number of amides is 1. The summed E-state index contributed by atoms with van der Waals surface area (Å²) in [6.45, 7) is 1.48. The topological polar surface area (TPSA) is 87.0 Å². The Balaban J connectivity index is 1.65. The van der Waals surface area contributed by atoms with Gasteiger partial charge in [0.2, 0.25) is 5.76 Å². The Morgan fingerprint density at radius 3 is 2.44 bits per heavy atom. The van der Waals surface area contributed by atoms with Gasteiger partial charge in [0.1, 0.15) is 5.58 Å². The third-order valence-electron chi connectivity index (χ3n) is 3.93. The molecular weight excluding hydrogens is 350 g/mol. The van der Waals surface area contributed by atoms with Crippen molar-refractivity contribution in [1.29, 1.82) is 0 Å². The van der Waals surface area contributed by atoms with E-state index in [1.165, 1.54) is 21.1 Å². The van der Waals surface area contributed by atoms with Crippen LogP contribution < -0.4 is 14.8 Å². The largest absolute Gasteiger partial charge is 0.493 e. The number of benzene rings is 2. The van der Waals surface area contributed by atoms with Crippen molar-refractivity contribution in [2.24, 2.45) is 0 Å². The fourth-order valence-corrected chi connectivity index (χ4v) is 2.51. The Hall–Kier alpha value is -3.48. The molecule has 0 unspecified atom stereocenters. The maximum Gasteiger partial charge on any atom is 0.375 e. The van der Waals surface area contributed by atoms with Crippen LogP contribution in [0.2, 0.25) is 0 Å². The number of rotatable bonds is 6. The summed E-state index contributed by atoms with van der Waals surface area (Å²) in [4.78, 5) is 24.5. The number of anilines is 1. The number of methoxy groups -OCH3 is 2. The Labute approximate surface area is 155 Å². The fourth-order valence-electron chi connectivity index (χ4n) is 2.51. The van der Waals surface area contributed by atoms with Gasteiger partial charge in [-0.3, -0.25) is 4.79 Å². The second kappa shape index (κ2) is 7.82. The van der Waals surface area contributed by atoms with Gasteiger partial charge in [-0.05, 0) is 31.2 Å². The van der Waals surface area contributed by atoms with Crippen LogP contribution in [-0.4, -0.2) is 32.2 Å². The van der Waals surface area contributed by atoms with Gasteiger partial charge in [-0.2, -0.15) is 0 Å². The van der Waals surface area contributed by atoms with Gasteiger partial charge in [0, 0.05) is 17.1 Å². The Kier molecular flexibility index (Phi) is 5.30. The smallest absolute Gasteiger partial charge is 0.375 e. The zero-order valence-corrected chi connectivity index (χ0v) is 15.1. The number of hydrogen-bond acceptors (Lipinski definition) is 6. The van der Waals surface area contributed by atoms with Gasteiger partial charge in [0.15, 0.2) is 17.6 Å². The molecule has 0 bridgehead atoms. The van der Waals surface area contributed by atoms with E-state index < -0.39 is 18.0 Å². The highest BCUT2D eigenvalue weighted by atomic mass is 16.6. The molecule has 1 N–H and O–H groups in total. The van der Waals surface area contributed by atoms with E-state index in [0.717, 1.165) is 5.39 Å². The molecule has 0 aliphatic heterocycles. The lowest BCUT2D eigenvalue weighted by Gasteiger charge is -2.14. The Morgan fingerprint density at radius 2 is 1.74 bits per heavy atom. The molecule has 27 heavy (non-hydrogen) atoms. The van der Waals surface area contributed by atoms with Gasteiger partial charge < -0.3 is 23.9 Å². The fraction of sp³-hybridized carbons (Fsp3) is 0.200. The highest BCUT2D eigenvalue weighted by Gasteiger charge is 2.22. The molecular formula is C20H19NO6. The molecule has 7 nitrogen and oxygen atoms in total. The summed E-state index contributed by atoms with van der Waals surface area (Å²) < 4.78 is 21.0. The van der Waals surface area contributed by atoms with E-state index in [1.54, 1.807) is 36.4 Å². The quantitative estimate of drug-likeness (QED) is 0.668. The summed E-state index contributed by atoms with van der Waals surface area (Å²) in [5.41, 5.74) is 1.07. The number of carbonyl (C=O) groups excluding carboxylic acids is 2. The normalized spacial score (nSPS) is 11.7. The molecule has 0 radical (unpaired) electrons. The summed E-state index contributed by atoms with van der Waals surface area (Å²) in [7, 11) is 3.02. The van der Waals surface area contributed by atoms with Crippen LogP contribution in [0.15, 0.2) is 52.9 Å². The zero-order chi connectivity index (χ0) is 19.4. The minimum atomic E-state index is -1.01. The maximum absolute atomic E-state index is 12.3. The third kappa shape index (κ3) is 4.03. The molecule has 1 heterocycles. The molecule has 1 aromatic heterocycles. The standard InChI is InChI=1S/C20H19NO6/c1-12(19(22)21-14-8-9-16(24-2)17(11-14)25-3)26-20(23)18-10-13-6-4-5-7-15(13)27-18/h4-12H,1-3H3,(H,21,22)/t12-/m0/s1. The van der Waals surface area contributed by atoms with Crippen molar-refractivity contribution in [3.05, 3.63) is 54.3 Å². The lowest BCUT2D eigenvalue weighted by Crippen LogP contribution is -2.29. The van der Waals surface area contributed by atoms with Gasteiger partial charge in [0.05, 0.1) is 14.2 Å². The predicted molar refractivity (Wildman–Crippen MR) is 99.3 cm³/mol. The van der Waals surface area contributed by atoms with Crippen LogP contribution in [0.4, 0.5) is 5.69 Å². The van der Waals surface area contributed by atoms with Gasteiger partial charge in [0.25, 0.3) is 5.91 Å². The molecule has 0 saturated heterocycles. The highest BCUT2D eigenvalue weighted by molar-refractivity contribution is 5.98. The van der Waals surface area contributed by atoms with Crippen LogP contribution in [-0.2, 0) is 9.53 Å². The second-order valence-electron chi connectivity index (χ2n) is 5.76. The third-order valence-corrected chi connectivity index (χ3v) is 3.93. The van der Waals surface area contributed by atoms with E-state index in [4.69, 9.17) is 18.6 Å². The minimum absolute atomic E-state index is 0.0435. The first-order chi connectivity index (χ1) is 13.0. The summed E-state index contributed by atoms with van der Waals surface area (Å²) in [6.07, 6.45) is -1.01. The number of hydrogen-bond donors (Lipinski definition) is 1. The summed E-state index contributed by atoms with van der Waals surface area (Å²) in [5.74, 6) is -0.128. The summed E-state index contributed by atoms with van der Waals surface area (Å²) >= 11 is 0. The van der Waals surface area contributed by atoms with Crippen molar-refractivity contribution >= 4 is 28.5 Å².